The smallest absolute Gasteiger partial charge is 0.262 e. The van der Waals surface area contributed by atoms with Crippen molar-refractivity contribution in [1.29, 1.82) is 0 Å². The standard InChI is InChI=1S/C19H22N2O4S/c1-4-12-20-26(23,24)17-10-8-16(9-11-17)21-18(22)13-25-19-14(2)6-5-7-15(19)3/h4-11,20H,1,12-13H2,2-3H3,(H,21,22). The number of hydrogen-bond acceptors (Lipinski definition) is 4. The van der Waals surface area contributed by atoms with E-state index < -0.39 is 10.0 Å². The van der Waals surface area contributed by atoms with Gasteiger partial charge in [0.15, 0.2) is 6.61 Å². The normalized spacial score (nSPS) is 11.0. The van der Waals surface area contributed by atoms with E-state index in [1.54, 1.807) is 0 Å². The molecule has 0 aliphatic carbocycles. The first-order valence-electron chi connectivity index (χ1n) is 8.03. The van der Waals surface area contributed by atoms with E-state index in [0.29, 0.717) is 11.4 Å². The minimum absolute atomic E-state index is 0.115. The zero-order chi connectivity index (χ0) is 19.2. The van der Waals surface area contributed by atoms with Crippen LogP contribution in [0.25, 0.3) is 0 Å². The Labute approximate surface area is 153 Å². The highest BCUT2D eigenvalue weighted by molar-refractivity contribution is 7.89. The topological polar surface area (TPSA) is 84.5 Å². The van der Waals surface area contributed by atoms with Gasteiger partial charge in [-0.25, -0.2) is 13.1 Å². The van der Waals surface area contributed by atoms with Gasteiger partial charge in [0.2, 0.25) is 10.0 Å². The SMILES string of the molecule is C=CCNS(=O)(=O)c1ccc(NC(=O)COc2c(C)cccc2C)cc1. The number of carbonyl (C=O) groups is 1. The molecule has 0 saturated carbocycles. The molecule has 0 fully saturated rings. The van der Waals surface area contributed by atoms with Crippen LogP contribution >= 0.6 is 0 Å². The third-order valence-electron chi connectivity index (χ3n) is 3.62. The molecule has 2 aromatic rings. The molecular formula is C19H22N2O4S. The molecule has 6 nitrogen and oxygen atoms in total. The molecular weight excluding hydrogens is 352 g/mol. The van der Waals surface area contributed by atoms with Crippen LogP contribution in [0.2, 0.25) is 0 Å². The molecule has 0 spiro atoms. The van der Waals surface area contributed by atoms with Gasteiger partial charge in [0, 0.05) is 12.2 Å². The predicted molar refractivity (Wildman–Crippen MR) is 102 cm³/mol. The fraction of sp³-hybridized carbons (Fsp3) is 0.211. The van der Waals surface area contributed by atoms with Crippen molar-refractivity contribution in [2.75, 3.05) is 18.5 Å². The highest BCUT2D eigenvalue weighted by Crippen LogP contribution is 2.22. The highest BCUT2D eigenvalue weighted by atomic mass is 32.2. The predicted octanol–water partition coefficient (Wildman–Crippen LogP) is 2.79. The van der Waals surface area contributed by atoms with E-state index in [2.05, 4.69) is 16.6 Å². The maximum absolute atomic E-state index is 12.1. The van der Waals surface area contributed by atoms with Gasteiger partial charge >= 0.3 is 0 Å². The van der Waals surface area contributed by atoms with E-state index in [-0.39, 0.29) is 24.0 Å². The van der Waals surface area contributed by atoms with Gasteiger partial charge in [-0.3, -0.25) is 4.79 Å². The second-order valence-corrected chi connectivity index (χ2v) is 7.49. The molecule has 2 N–H and O–H groups in total. The summed E-state index contributed by atoms with van der Waals surface area (Å²) in [4.78, 5) is 12.2. The van der Waals surface area contributed by atoms with Crippen molar-refractivity contribution < 1.29 is 17.9 Å². The van der Waals surface area contributed by atoms with E-state index in [9.17, 15) is 13.2 Å². The molecule has 26 heavy (non-hydrogen) atoms. The monoisotopic (exact) mass is 374 g/mol. The van der Waals surface area contributed by atoms with Gasteiger partial charge in [0.25, 0.3) is 5.91 Å². The van der Waals surface area contributed by atoms with E-state index >= 15 is 0 Å². The largest absolute Gasteiger partial charge is 0.483 e. The number of benzene rings is 2. The fourth-order valence-corrected chi connectivity index (χ4v) is 3.33. The van der Waals surface area contributed by atoms with E-state index in [0.717, 1.165) is 11.1 Å². The Kier molecular flexibility index (Phi) is 6.54. The fourth-order valence-electron chi connectivity index (χ4n) is 2.33. The number of sulfonamides is 1. The number of aryl methyl sites for hydroxylation is 2. The van der Waals surface area contributed by atoms with Crippen LogP contribution in [0.5, 0.6) is 5.75 Å². The Hall–Kier alpha value is -2.64. The molecule has 138 valence electrons. The van der Waals surface area contributed by atoms with Gasteiger partial charge in [-0.05, 0) is 49.2 Å². The first-order valence-corrected chi connectivity index (χ1v) is 9.51. The van der Waals surface area contributed by atoms with Gasteiger partial charge < -0.3 is 10.1 Å². The van der Waals surface area contributed by atoms with Crippen LogP contribution in [0.3, 0.4) is 0 Å². The zero-order valence-corrected chi connectivity index (χ0v) is 15.6. The molecule has 2 aromatic carbocycles. The van der Waals surface area contributed by atoms with E-state index in [4.69, 9.17) is 4.74 Å². The van der Waals surface area contributed by atoms with Crippen molar-refractivity contribution in [3.63, 3.8) is 0 Å². The van der Waals surface area contributed by atoms with E-state index in [1.807, 2.05) is 32.0 Å². The highest BCUT2D eigenvalue weighted by Gasteiger charge is 2.13. The van der Waals surface area contributed by atoms with Crippen LogP contribution in [0, 0.1) is 13.8 Å². The molecule has 2 rings (SSSR count). The second kappa shape index (κ2) is 8.64. The summed E-state index contributed by atoms with van der Waals surface area (Å²) in [5.74, 6) is 0.366. The maximum atomic E-state index is 12.1. The molecule has 0 saturated heterocycles. The third-order valence-corrected chi connectivity index (χ3v) is 5.06. The molecule has 0 radical (unpaired) electrons. The summed E-state index contributed by atoms with van der Waals surface area (Å²) in [6, 6.07) is 11.7. The van der Waals surface area contributed by atoms with Crippen LogP contribution in [-0.4, -0.2) is 27.5 Å². The lowest BCUT2D eigenvalue weighted by molar-refractivity contribution is -0.118. The lowest BCUT2D eigenvalue weighted by Gasteiger charge is -2.12. The number of nitrogens with one attached hydrogen (secondary N) is 2. The second-order valence-electron chi connectivity index (χ2n) is 5.72. The lowest BCUT2D eigenvalue weighted by atomic mass is 10.1. The summed E-state index contributed by atoms with van der Waals surface area (Å²) in [6.45, 7) is 7.32. The van der Waals surface area contributed by atoms with Crippen molar-refractivity contribution in [3.8, 4) is 5.75 Å². The number of hydrogen-bond donors (Lipinski definition) is 2. The van der Waals surface area contributed by atoms with Crippen molar-refractivity contribution in [2.24, 2.45) is 0 Å². The molecule has 7 heteroatoms. The summed E-state index contributed by atoms with van der Waals surface area (Å²) in [5, 5.41) is 2.68. The molecule has 0 aromatic heterocycles. The molecule has 0 heterocycles. The van der Waals surface area contributed by atoms with Crippen molar-refractivity contribution in [3.05, 3.63) is 66.2 Å². The van der Waals surface area contributed by atoms with Crippen molar-refractivity contribution >= 4 is 21.6 Å². The third kappa shape index (κ3) is 5.18. The van der Waals surface area contributed by atoms with Crippen molar-refractivity contribution in [2.45, 2.75) is 18.7 Å². The number of ether oxygens (including phenoxy) is 1. The number of para-hydroxylation sites is 1. The first-order chi connectivity index (χ1) is 12.3. The molecule has 0 bridgehead atoms. The summed E-state index contributed by atoms with van der Waals surface area (Å²) in [5.41, 5.74) is 2.40. The molecule has 0 aliphatic rings. The Balaban J connectivity index is 1.96. The average molecular weight is 374 g/mol. The quantitative estimate of drug-likeness (QED) is 0.696. The van der Waals surface area contributed by atoms with Gasteiger partial charge in [-0.1, -0.05) is 24.3 Å². The minimum Gasteiger partial charge on any atom is -0.483 e. The maximum Gasteiger partial charge on any atom is 0.262 e. The summed E-state index contributed by atoms with van der Waals surface area (Å²) >= 11 is 0. The zero-order valence-electron chi connectivity index (χ0n) is 14.8. The number of rotatable bonds is 8. The average Bonchev–Trinajstić information content (AvgIpc) is 2.60. The van der Waals surface area contributed by atoms with Crippen LogP contribution in [0.1, 0.15) is 11.1 Å². The molecule has 0 aliphatic heterocycles. The summed E-state index contributed by atoms with van der Waals surface area (Å²) < 4.78 is 31.9. The Morgan fingerprint density at radius 1 is 1.12 bits per heavy atom. The van der Waals surface area contributed by atoms with Gasteiger partial charge in [0.05, 0.1) is 4.90 Å². The number of amides is 1. The number of carbonyl (C=O) groups excluding carboxylic acids is 1. The van der Waals surface area contributed by atoms with Gasteiger partial charge in [0.1, 0.15) is 5.75 Å². The van der Waals surface area contributed by atoms with Gasteiger partial charge in [-0.2, -0.15) is 0 Å². The van der Waals surface area contributed by atoms with Crippen LogP contribution in [-0.2, 0) is 14.8 Å². The van der Waals surface area contributed by atoms with Crippen molar-refractivity contribution in [1.82, 2.24) is 4.72 Å². The first kappa shape index (κ1) is 19.7. The molecule has 1 amide bonds. The minimum atomic E-state index is -3.58. The van der Waals surface area contributed by atoms with Crippen LogP contribution < -0.4 is 14.8 Å². The summed E-state index contributed by atoms with van der Waals surface area (Å²) in [6.07, 6.45) is 1.46. The summed E-state index contributed by atoms with van der Waals surface area (Å²) in [7, 11) is -3.58. The number of anilines is 1. The van der Waals surface area contributed by atoms with Crippen LogP contribution in [0.4, 0.5) is 5.69 Å². The lowest BCUT2D eigenvalue weighted by Crippen LogP contribution is -2.24. The van der Waals surface area contributed by atoms with Crippen LogP contribution in [0.15, 0.2) is 60.0 Å². The Morgan fingerprint density at radius 3 is 2.31 bits per heavy atom. The van der Waals surface area contributed by atoms with E-state index in [1.165, 1.54) is 30.3 Å². The Bertz CT molecular complexity index is 870. The molecule has 0 atom stereocenters. The molecule has 0 unspecified atom stereocenters. The van der Waals surface area contributed by atoms with Gasteiger partial charge in [-0.15, -0.1) is 6.58 Å². The Morgan fingerprint density at radius 2 is 1.73 bits per heavy atom.